The Balaban J connectivity index is 1.63. The first-order valence-corrected chi connectivity index (χ1v) is 6.31. The Morgan fingerprint density at radius 2 is 2.12 bits per heavy atom. The van der Waals surface area contributed by atoms with E-state index in [4.69, 9.17) is 9.84 Å². The fraction of sp³-hybridized carbons (Fsp3) is 0.917. The lowest BCUT2D eigenvalue weighted by Gasteiger charge is -2.23. The van der Waals surface area contributed by atoms with Crippen molar-refractivity contribution in [2.75, 3.05) is 13.1 Å². The highest BCUT2D eigenvalue weighted by Crippen LogP contribution is 2.42. The summed E-state index contributed by atoms with van der Waals surface area (Å²) in [5.41, 5.74) is 0.194. The third-order valence-electron chi connectivity index (χ3n) is 3.74. The maximum absolute atomic E-state index is 10.3. The number of carbonyl (C=O) groups is 1. The quantitative estimate of drug-likeness (QED) is 0.699. The van der Waals surface area contributed by atoms with Crippen molar-refractivity contribution in [3.63, 3.8) is 0 Å². The summed E-state index contributed by atoms with van der Waals surface area (Å²) in [7, 11) is 0. The third kappa shape index (κ3) is 2.95. The smallest absolute Gasteiger partial charge is 0.304 e. The van der Waals surface area contributed by atoms with Crippen LogP contribution >= 0.6 is 0 Å². The molecule has 2 rings (SSSR count). The van der Waals surface area contributed by atoms with Gasteiger partial charge in [0.15, 0.2) is 0 Å². The Kier molecular flexibility index (Phi) is 3.82. The van der Waals surface area contributed by atoms with Gasteiger partial charge in [-0.3, -0.25) is 4.79 Å². The van der Waals surface area contributed by atoms with Crippen molar-refractivity contribution >= 4 is 5.97 Å². The largest absolute Gasteiger partial charge is 0.481 e. The van der Waals surface area contributed by atoms with Gasteiger partial charge in [0.1, 0.15) is 0 Å². The molecule has 4 heteroatoms. The van der Waals surface area contributed by atoms with Crippen LogP contribution in [0.5, 0.6) is 0 Å². The summed E-state index contributed by atoms with van der Waals surface area (Å²) in [4.78, 5) is 10.3. The molecule has 0 aromatic heterocycles. The van der Waals surface area contributed by atoms with E-state index in [9.17, 15) is 4.79 Å². The molecule has 0 amide bonds. The van der Waals surface area contributed by atoms with Gasteiger partial charge in [-0.05, 0) is 25.7 Å². The monoisotopic (exact) mass is 227 g/mol. The zero-order valence-electron chi connectivity index (χ0n) is 9.71. The standard InChI is InChI=1S/C12H21NO3/c14-11(15)4-8-13-9-10-3-7-12(16-10)5-1-2-6-12/h10,13H,1-9H2,(H,14,15). The average molecular weight is 227 g/mol. The SMILES string of the molecule is O=C(O)CCNCC1CCC2(CCCC2)O1. The fourth-order valence-electron chi connectivity index (χ4n) is 2.88. The summed E-state index contributed by atoms with van der Waals surface area (Å²) in [5.74, 6) is -0.743. The molecule has 2 aliphatic rings. The van der Waals surface area contributed by atoms with Crippen LogP contribution < -0.4 is 5.32 Å². The molecule has 2 fully saturated rings. The van der Waals surface area contributed by atoms with Crippen LogP contribution in [-0.2, 0) is 9.53 Å². The summed E-state index contributed by atoms with van der Waals surface area (Å²) in [6.07, 6.45) is 7.86. The van der Waals surface area contributed by atoms with Crippen LogP contribution in [0.25, 0.3) is 0 Å². The minimum Gasteiger partial charge on any atom is -0.481 e. The molecule has 1 aliphatic carbocycles. The Hall–Kier alpha value is -0.610. The topological polar surface area (TPSA) is 58.6 Å². The van der Waals surface area contributed by atoms with Gasteiger partial charge in [0.05, 0.1) is 18.1 Å². The second-order valence-corrected chi connectivity index (χ2v) is 5.02. The number of nitrogens with one attached hydrogen (secondary N) is 1. The highest BCUT2D eigenvalue weighted by Gasteiger charge is 2.41. The second kappa shape index (κ2) is 5.15. The van der Waals surface area contributed by atoms with Crippen molar-refractivity contribution in [2.45, 2.75) is 56.7 Å². The lowest BCUT2D eigenvalue weighted by Crippen LogP contribution is -2.32. The summed E-state index contributed by atoms with van der Waals surface area (Å²) in [6.45, 7) is 1.34. The molecule has 16 heavy (non-hydrogen) atoms. The van der Waals surface area contributed by atoms with E-state index in [-0.39, 0.29) is 12.0 Å². The molecule has 92 valence electrons. The van der Waals surface area contributed by atoms with Gasteiger partial charge < -0.3 is 15.2 Å². The molecule has 1 saturated carbocycles. The normalized spacial score (nSPS) is 27.6. The van der Waals surface area contributed by atoms with Crippen molar-refractivity contribution in [1.82, 2.24) is 5.32 Å². The molecule has 1 aliphatic heterocycles. The van der Waals surface area contributed by atoms with Crippen LogP contribution in [0.4, 0.5) is 0 Å². The number of hydrogen-bond acceptors (Lipinski definition) is 3. The van der Waals surface area contributed by atoms with E-state index in [1.54, 1.807) is 0 Å². The summed E-state index contributed by atoms with van der Waals surface area (Å²) in [6, 6.07) is 0. The van der Waals surface area contributed by atoms with Crippen LogP contribution in [-0.4, -0.2) is 35.9 Å². The summed E-state index contributed by atoms with van der Waals surface area (Å²) in [5, 5.41) is 11.7. The van der Waals surface area contributed by atoms with Gasteiger partial charge in [-0.1, -0.05) is 12.8 Å². The molecular weight excluding hydrogens is 206 g/mol. The maximum atomic E-state index is 10.3. The minimum atomic E-state index is -0.743. The number of hydrogen-bond donors (Lipinski definition) is 2. The lowest BCUT2D eigenvalue weighted by molar-refractivity contribution is -0.136. The Morgan fingerprint density at radius 3 is 2.81 bits per heavy atom. The van der Waals surface area contributed by atoms with Crippen molar-refractivity contribution in [2.24, 2.45) is 0 Å². The molecule has 1 heterocycles. The number of ether oxygens (including phenoxy) is 1. The number of rotatable bonds is 5. The van der Waals surface area contributed by atoms with Crippen molar-refractivity contribution in [3.05, 3.63) is 0 Å². The van der Waals surface area contributed by atoms with Gasteiger partial charge in [-0.25, -0.2) is 0 Å². The fourth-order valence-corrected chi connectivity index (χ4v) is 2.88. The van der Waals surface area contributed by atoms with E-state index >= 15 is 0 Å². The lowest BCUT2D eigenvalue weighted by atomic mass is 9.98. The van der Waals surface area contributed by atoms with Crippen LogP contribution in [0, 0.1) is 0 Å². The van der Waals surface area contributed by atoms with Gasteiger partial charge in [-0.2, -0.15) is 0 Å². The van der Waals surface area contributed by atoms with E-state index in [1.807, 2.05) is 0 Å². The van der Waals surface area contributed by atoms with Crippen molar-refractivity contribution < 1.29 is 14.6 Å². The van der Waals surface area contributed by atoms with E-state index < -0.39 is 5.97 Å². The Bertz CT molecular complexity index is 249. The minimum absolute atomic E-state index is 0.192. The van der Waals surface area contributed by atoms with E-state index in [1.165, 1.54) is 32.1 Å². The van der Waals surface area contributed by atoms with E-state index in [0.717, 1.165) is 13.0 Å². The second-order valence-electron chi connectivity index (χ2n) is 5.02. The van der Waals surface area contributed by atoms with Crippen molar-refractivity contribution in [3.8, 4) is 0 Å². The van der Waals surface area contributed by atoms with Crippen LogP contribution in [0.3, 0.4) is 0 Å². The first-order valence-electron chi connectivity index (χ1n) is 6.31. The molecule has 0 radical (unpaired) electrons. The summed E-state index contributed by atoms with van der Waals surface area (Å²) >= 11 is 0. The highest BCUT2D eigenvalue weighted by atomic mass is 16.5. The van der Waals surface area contributed by atoms with Crippen LogP contribution in [0.15, 0.2) is 0 Å². The molecule has 2 N–H and O–H groups in total. The number of carboxylic acids is 1. The number of carboxylic acid groups (broad SMARTS) is 1. The third-order valence-corrected chi connectivity index (χ3v) is 3.74. The van der Waals surface area contributed by atoms with E-state index in [2.05, 4.69) is 5.32 Å². The molecule has 1 saturated heterocycles. The molecule has 0 aromatic rings. The van der Waals surface area contributed by atoms with Gasteiger partial charge in [0.2, 0.25) is 0 Å². The highest BCUT2D eigenvalue weighted by molar-refractivity contribution is 5.66. The molecule has 0 aromatic carbocycles. The predicted octanol–water partition coefficient (Wildman–Crippen LogP) is 1.54. The van der Waals surface area contributed by atoms with Crippen molar-refractivity contribution in [1.29, 1.82) is 0 Å². The van der Waals surface area contributed by atoms with E-state index in [0.29, 0.717) is 12.6 Å². The van der Waals surface area contributed by atoms with Gasteiger partial charge >= 0.3 is 5.97 Å². The first-order chi connectivity index (χ1) is 7.70. The zero-order chi connectivity index (χ0) is 11.4. The molecular formula is C12H21NO3. The molecule has 1 spiro atoms. The van der Waals surface area contributed by atoms with Crippen LogP contribution in [0.2, 0.25) is 0 Å². The zero-order valence-corrected chi connectivity index (χ0v) is 9.71. The first kappa shape index (κ1) is 11.9. The average Bonchev–Trinajstić information content (AvgIpc) is 2.85. The van der Waals surface area contributed by atoms with Crippen LogP contribution in [0.1, 0.15) is 44.9 Å². The van der Waals surface area contributed by atoms with Gasteiger partial charge in [-0.15, -0.1) is 0 Å². The summed E-state index contributed by atoms with van der Waals surface area (Å²) < 4.78 is 6.11. The Morgan fingerprint density at radius 1 is 1.38 bits per heavy atom. The predicted molar refractivity (Wildman–Crippen MR) is 60.4 cm³/mol. The molecule has 1 atom stereocenters. The molecule has 4 nitrogen and oxygen atoms in total. The van der Waals surface area contributed by atoms with Gasteiger partial charge in [0.25, 0.3) is 0 Å². The van der Waals surface area contributed by atoms with Gasteiger partial charge in [0, 0.05) is 13.1 Å². The molecule has 1 unspecified atom stereocenters. The number of aliphatic carboxylic acids is 1. The molecule has 0 bridgehead atoms. The Labute approximate surface area is 96.4 Å². The maximum Gasteiger partial charge on any atom is 0.304 e.